The maximum Gasteiger partial charge on any atom is 0.136 e. The molecule has 0 atom stereocenters. The predicted octanol–water partition coefficient (Wildman–Crippen LogP) is 6.07. The van der Waals surface area contributed by atoms with Gasteiger partial charge in [0.1, 0.15) is 11.6 Å². The standard InChI is InChI=1S/C22H37FO2/c1-2-3-6-21(24)19-11-13-20(14-12-19)22(25)16-18-9-7-17(8-10-18)5-4-15-23/h17-20H,2-16H2,1H3/t17-,18-,19-,20-. The molecule has 25 heavy (non-hydrogen) atoms. The molecule has 0 aliphatic heterocycles. The molecule has 2 fully saturated rings. The topological polar surface area (TPSA) is 34.1 Å². The van der Waals surface area contributed by atoms with Crippen molar-refractivity contribution in [1.82, 2.24) is 0 Å². The molecule has 3 heteroatoms. The van der Waals surface area contributed by atoms with Crippen LogP contribution < -0.4 is 0 Å². The van der Waals surface area contributed by atoms with Crippen LogP contribution in [0.3, 0.4) is 0 Å². The van der Waals surface area contributed by atoms with Crippen LogP contribution in [0.2, 0.25) is 0 Å². The monoisotopic (exact) mass is 352 g/mol. The largest absolute Gasteiger partial charge is 0.299 e. The quantitative estimate of drug-likeness (QED) is 0.478. The molecule has 0 radical (unpaired) electrons. The molecule has 0 aromatic carbocycles. The second-order valence-electron chi connectivity index (χ2n) is 8.51. The molecule has 0 unspecified atom stereocenters. The highest BCUT2D eigenvalue weighted by Gasteiger charge is 2.31. The molecule has 0 bridgehead atoms. The molecule has 144 valence electrons. The van der Waals surface area contributed by atoms with Gasteiger partial charge >= 0.3 is 0 Å². The zero-order valence-corrected chi connectivity index (χ0v) is 16.1. The summed E-state index contributed by atoms with van der Waals surface area (Å²) in [6.07, 6.45) is 13.6. The van der Waals surface area contributed by atoms with Gasteiger partial charge in [0.05, 0.1) is 6.67 Å². The summed E-state index contributed by atoms with van der Waals surface area (Å²) in [5.74, 6) is 2.55. The molecule has 0 saturated heterocycles. The van der Waals surface area contributed by atoms with Crippen molar-refractivity contribution >= 4 is 11.6 Å². The smallest absolute Gasteiger partial charge is 0.136 e. The first kappa shape index (κ1) is 20.6. The highest BCUT2D eigenvalue weighted by atomic mass is 19.1. The van der Waals surface area contributed by atoms with E-state index in [0.717, 1.165) is 70.6 Å². The minimum absolute atomic E-state index is 0.192. The lowest BCUT2D eigenvalue weighted by Gasteiger charge is -2.31. The molecule has 2 rings (SSSR count). The second kappa shape index (κ2) is 11.1. The van der Waals surface area contributed by atoms with Crippen molar-refractivity contribution in [2.45, 2.75) is 96.8 Å². The molecule has 2 saturated carbocycles. The van der Waals surface area contributed by atoms with Crippen LogP contribution in [0.25, 0.3) is 0 Å². The molecular formula is C22H37FO2. The molecule has 0 amide bonds. The number of ketones is 2. The van der Waals surface area contributed by atoms with Gasteiger partial charge in [0.25, 0.3) is 0 Å². The molecule has 0 heterocycles. The molecule has 0 aromatic rings. The minimum atomic E-state index is -0.192. The lowest BCUT2D eigenvalue weighted by molar-refractivity contribution is -0.129. The van der Waals surface area contributed by atoms with Crippen LogP contribution in [0.5, 0.6) is 0 Å². The van der Waals surface area contributed by atoms with Crippen LogP contribution >= 0.6 is 0 Å². The van der Waals surface area contributed by atoms with Crippen LogP contribution in [0.4, 0.5) is 4.39 Å². The Balaban J connectivity index is 1.65. The van der Waals surface area contributed by atoms with E-state index in [1.54, 1.807) is 0 Å². The van der Waals surface area contributed by atoms with Gasteiger partial charge in [-0.3, -0.25) is 14.0 Å². The van der Waals surface area contributed by atoms with Crippen molar-refractivity contribution in [3.63, 3.8) is 0 Å². The summed E-state index contributed by atoms with van der Waals surface area (Å²) >= 11 is 0. The average molecular weight is 353 g/mol. The SMILES string of the molecule is CCCCC(=O)[C@H]1CC[C@H](C(=O)C[C@H]2CC[C@H](CCCF)CC2)CC1. The fourth-order valence-corrected chi connectivity index (χ4v) is 4.83. The summed E-state index contributed by atoms with van der Waals surface area (Å²) in [5, 5.41) is 0. The van der Waals surface area contributed by atoms with E-state index >= 15 is 0 Å². The minimum Gasteiger partial charge on any atom is -0.299 e. The molecule has 2 aliphatic carbocycles. The summed E-state index contributed by atoms with van der Waals surface area (Å²) in [6.45, 7) is 1.93. The molecule has 2 nitrogen and oxygen atoms in total. The van der Waals surface area contributed by atoms with Crippen LogP contribution in [-0.2, 0) is 9.59 Å². The van der Waals surface area contributed by atoms with E-state index in [0.29, 0.717) is 29.8 Å². The number of carbonyl (C=O) groups is 2. The van der Waals surface area contributed by atoms with E-state index in [1.165, 1.54) is 12.8 Å². The maximum atomic E-state index is 12.6. The van der Waals surface area contributed by atoms with Gasteiger partial charge in [-0.05, 0) is 69.6 Å². The predicted molar refractivity (Wildman–Crippen MR) is 100 cm³/mol. The van der Waals surface area contributed by atoms with Gasteiger partial charge < -0.3 is 0 Å². The second-order valence-corrected chi connectivity index (χ2v) is 8.51. The zero-order valence-electron chi connectivity index (χ0n) is 16.1. The van der Waals surface area contributed by atoms with Gasteiger partial charge in [-0.15, -0.1) is 0 Å². The molecular weight excluding hydrogens is 315 g/mol. The van der Waals surface area contributed by atoms with Gasteiger partial charge in [-0.25, -0.2) is 0 Å². The molecule has 2 aliphatic rings. The fraction of sp³-hybridized carbons (Fsp3) is 0.909. The summed E-state index contributed by atoms with van der Waals surface area (Å²) < 4.78 is 12.3. The fourth-order valence-electron chi connectivity index (χ4n) is 4.83. The number of halogens is 1. The van der Waals surface area contributed by atoms with Crippen LogP contribution in [-0.4, -0.2) is 18.2 Å². The first-order chi connectivity index (χ1) is 12.1. The van der Waals surface area contributed by atoms with E-state index < -0.39 is 0 Å². The summed E-state index contributed by atoms with van der Waals surface area (Å²) in [7, 11) is 0. The Morgan fingerprint density at radius 1 is 0.800 bits per heavy atom. The van der Waals surface area contributed by atoms with Gasteiger partial charge in [0.2, 0.25) is 0 Å². The zero-order chi connectivity index (χ0) is 18.1. The van der Waals surface area contributed by atoms with Crippen molar-refractivity contribution in [1.29, 1.82) is 0 Å². The normalized spacial score (nSPS) is 30.2. The Kier molecular flexibility index (Phi) is 9.12. The van der Waals surface area contributed by atoms with Crippen molar-refractivity contribution in [3.05, 3.63) is 0 Å². The van der Waals surface area contributed by atoms with Crippen molar-refractivity contribution in [2.75, 3.05) is 6.67 Å². The Bertz CT molecular complexity index is 404. The third-order valence-corrected chi connectivity index (χ3v) is 6.62. The van der Waals surface area contributed by atoms with Crippen molar-refractivity contribution in [2.24, 2.45) is 23.7 Å². The van der Waals surface area contributed by atoms with Crippen molar-refractivity contribution in [3.8, 4) is 0 Å². The third kappa shape index (κ3) is 6.83. The van der Waals surface area contributed by atoms with Crippen molar-refractivity contribution < 1.29 is 14.0 Å². The lowest BCUT2D eigenvalue weighted by atomic mass is 9.73. The van der Waals surface area contributed by atoms with E-state index in [2.05, 4.69) is 6.92 Å². The molecule has 0 aromatic heterocycles. The lowest BCUT2D eigenvalue weighted by Crippen LogP contribution is -2.28. The number of Topliss-reactive ketones (excluding diaryl/α,β-unsaturated/α-hetero) is 2. The first-order valence-corrected chi connectivity index (χ1v) is 10.7. The van der Waals surface area contributed by atoms with Crippen LogP contribution in [0.15, 0.2) is 0 Å². The highest BCUT2D eigenvalue weighted by Crippen LogP contribution is 2.36. The maximum absolute atomic E-state index is 12.6. The Labute approximate surface area is 153 Å². The molecule has 0 N–H and O–H groups in total. The Morgan fingerprint density at radius 3 is 1.92 bits per heavy atom. The highest BCUT2D eigenvalue weighted by molar-refractivity contribution is 5.83. The summed E-state index contributed by atoms with van der Waals surface area (Å²) in [4.78, 5) is 24.8. The van der Waals surface area contributed by atoms with Gasteiger partial charge in [0, 0.05) is 24.7 Å². The van der Waals surface area contributed by atoms with E-state index in [1.807, 2.05) is 0 Å². The number of hydrogen-bond acceptors (Lipinski definition) is 2. The van der Waals surface area contributed by atoms with E-state index in [-0.39, 0.29) is 18.5 Å². The average Bonchev–Trinajstić information content (AvgIpc) is 2.65. The Morgan fingerprint density at radius 2 is 1.36 bits per heavy atom. The van der Waals surface area contributed by atoms with Gasteiger partial charge in [-0.2, -0.15) is 0 Å². The van der Waals surface area contributed by atoms with Crippen LogP contribution in [0.1, 0.15) is 96.8 Å². The number of hydrogen-bond donors (Lipinski definition) is 0. The Hall–Kier alpha value is -0.730. The summed E-state index contributed by atoms with van der Waals surface area (Å²) in [5.41, 5.74) is 0. The van der Waals surface area contributed by atoms with E-state index in [4.69, 9.17) is 0 Å². The van der Waals surface area contributed by atoms with Gasteiger partial charge in [-0.1, -0.05) is 26.2 Å². The first-order valence-electron chi connectivity index (χ1n) is 10.7. The van der Waals surface area contributed by atoms with Gasteiger partial charge in [0.15, 0.2) is 0 Å². The molecule has 0 spiro atoms. The number of alkyl halides is 1. The number of unbranched alkanes of at least 4 members (excludes halogenated alkanes) is 1. The third-order valence-electron chi connectivity index (χ3n) is 6.62. The number of carbonyl (C=O) groups excluding carboxylic acids is 2. The van der Waals surface area contributed by atoms with E-state index in [9.17, 15) is 14.0 Å². The number of rotatable bonds is 10. The van der Waals surface area contributed by atoms with Crippen LogP contribution in [0, 0.1) is 23.7 Å². The summed E-state index contributed by atoms with van der Waals surface area (Å²) in [6, 6.07) is 0.